The topological polar surface area (TPSA) is 60.0 Å². The van der Waals surface area contributed by atoms with E-state index in [0.29, 0.717) is 5.95 Å². The molecule has 3 rings (SSSR count). The summed E-state index contributed by atoms with van der Waals surface area (Å²) in [5.41, 5.74) is 2.76. The fraction of sp³-hybridized carbons (Fsp3) is 0.182. The molecule has 0 radical (unpaired) electrons. The van der Waals surface area contributed by atoms with Gasteiger partial charge in [-0.05, 0) is 19.1 Å². The Bertz CT molecular complexity index is 665. The van der Waals surface area contributed by atoms with E-state index in [1.807, 2.05) is 38.4 Å². The van der Waals surface area contributed by atoms with Gasteiger partial charge in [-0.15, -0.1) is 5.10 Å². The molecule has 0 aliphatic carbocycles. The summed E-state index contributed by atoms with van der Waals surface area (Å²) in [7, 11) is 1.87. The first-order valence-electron chi connectivity index (χ1n) is 5.30. The first kappa shape index (κ1) is 9.83. The first-order valence-corrected chi connectivity index (χ1v) is 5.30. The van der Waals surface area contributed by atoms with E-state index in [1.54, 1.807) is 15.4 Å². The highest BCUT2D eigenvalue weighted by molar-refractivity contribution is 5.53. The van der Waals surface area contributed by atoms with Crippen molar-refractivity contribution < 1.29 is 0 Å². The number of nitrogens with zero attached hydrogens (tertiary/aromatic N) is 5. The minimum Gasteiger partial charge on any atom is -0.320 e. The third-order valence-electron chi connectivity index (χ3n) is 2.51. The average molecular weight is 228 g/mol. The zero-order valence-corrected chi connectivity index (χ0v) is 9.62. The van der Waals surface area contributed by atoms with Gasteiger partial charge in [0.15, 0.2) is 5.65 Å². The summed E-state index contributed by atoms with van der Waals surface area (Å²) in [5.74, 6) is 0.576. The molecule has 0 aromatic carbocycles. The van der Waals surface area contributed by atoms with Gasteiger partial charge in [0, 0.05) is 18.9 Å². The van der Waals surface area contributed by atoms with Crippen molar-refractivity contribution in [3.8, 4) is 0 Å². The molecule has 0 saturated carbocycles. The van der Waals surface area contributed by atoms with Crippen molar-refractivity contribution in [1.29, 1.82) is 0 Å². The molecule has 0 atom stereocenters. The number of rotatable bonds is 2. The van der Waals surface area contributed by atoms with Gasteiger partial charge in [-0.3, -0.25) is 4.68 Å². The van der Waals surface area contributed by atoms with Crippen LogP contribution in [0.3, 0.4) is 0 Å². The van der Waals surface area contributed by atoms with E-state index >= 15 is 0 Å². The lowest BCUT2D eigenvalue weighted by Crippen LogP contribution is -1.94. The quantitative estimate of drug-likeness (QED) is 0.722. The number of pyridine rings is 1. The largest absolute Gasteiger partial charge is 0.320 e. The number of aromatic nitrogens is 5. The maximum atomic E-state index is 4.38. The second kappa shape index (κ2) is 3.58. The smallest absolute Gasteiger partial charge is 0.247 e. The van der Waals surface area contributed by atoms with Gasteiger partial charge in [-0.25, -0.2) is 4.52 Å². The van der Waals surface area contributed by atoms with Gasteiger partial charge in [0.2, 0.25) is 5.95 Å². The number of hydrogen-bond acceptors (Lipinski definition) is 4. The van der Waals surface area contributed by atoms with Crippen LogP contribution in [0.4, 0.5) is 11.6 Å². The van der Waals surface area contributed by atoms with Gasteiger partial charge in [0.05, 0.1) is 11.9 Å². The summed E-state index contributed by atoms with van der Waals surface area (Å²) in [4.78, 5) is 4.38. The Morgan fingerprint density at radius 3 is 2.88 bits per heavy atom. The van der Waals surface area contributed by atoms with Crippen LogP contribution in [0, 0.1) is 6.92 Å². The summed E-state index contributed by atoms with van der Waals surface area (Å²) in [5, 5.41) is 11.6. The van der Waals surface area contributed by atoms with E-state index in [4.69, 9.17) is 0 Å². The van der Waals surface area contributed by atoms with E-state index in [0.717, 1.165) is 17.0 Å². The average Bonchev–Trinajstić information content (AvgIpc) is 2.86. The summed E-state index contributed by atoms with van der Waals surface area (Å²) < 4.78 is 3.53. The predicted octanol–water partition coefficient (Wildman–Crippen LogP) is 1.51. The van der Waals surface area contributed by atoms with E-state index in [1.165, 1.54) is 0 Å². The van der Waals surface area contributed by atoms with Crippen LogP contribution in [0.15, 0.2) is 30.6 Å². The Morgan fingerprint density at radius 1 is 1.29 bits per heavy atom. The van der Waals surface area contributed by atoms with Crippen LogP contribution in [0.2, 0.25) is 0 Å². The van der Waals surface area contributed by atoms with Crippen LogP contribution < -0.4 is 5.32 Å². The Hall–Kier alpha value is -2.37. The van der Waals surface area contributed by atoms with E-state index < -0.39 is 0 Å². The predicted molar refractivity (Wildman–Crippen MR) is 64.2 cm³/mol. The summed E-state index contributed by atoms with van der Waals surface area (Å²) in [6, 6.07) is 5.89. The minimum atomic E-state index is 0.576. The molecule has 0 aliphatic heterocycles. The molecule has 6 heteroatoms. The van der Waals surface area contributed by atoms with Crippen molar-refractivity contribution in [3.05, 3.63) is 36.3 Å². The Balaban J connectivity index is 1.98. The zero-order chi connectivity index (χ0) is 11.8. The first-order chi connectivity index (χ1) is 8.22. The molecule has 3 aromatic heterocycles. The molecular weight excluding hydrogens is 216 g/mol. The summed E-state index contributed by atoms with van der Waals surface area (Å²) >= 11 is 0. The third kappa shape index (κ3) is 1.73. The van der Waals surface area contributed by atoms with Crippen molar-refractivity contribution >= 4 is 17.3 Å². The number of aryl methyl sites for hydroxylation is 2. The van der Waals surface area contributed by atoms with Crippen LogP contribution in [-0.2, 0) is 7.05 Å². The molecule has 6 nitrogen and oxygen atoms in total. The maximum Gasteiger partial charge on any atom is 0.247 e. The highest BCUT2D eigenvalue weighted by Gasteiger charge is 2.05. The molecule has 0 bridgehead atoms. The fourth-order valence-corrected chi connectivity index (χ4v) is 1.70. The van der Waals surface area contributed by atoms with E-state index in [9.17, 15) is 0 Å². The maximum absolute atomic E-state index is 4.38. The molecule has 3 aromatic rings. The lowest BCUT2D eigenvalue weighted by molar-refractivity contribution is 0.768. The molecule has 0 spiro atoms. The van der Waals surface area contributed by atoms with Crippen molar-refractivity contribution in [3.63, 3.8) is 0 Å². The summed E-state index contributed by atoms with van der Waals surface area (Å²) in [6.45, 7) is 2.00. The summed E-state index contributed by atoms with van der Waals surface area (Å²) in [6.07, 6.45) is 3.61. The molecule has 0 saturated heterocycles. The Labute approximate surface area is 97.9 Å². The van der Waals surface area contributed by atoms with Crippen LogP contribution in [-0.4, -0.2) is 24.4 Å². The van der Waals surface area contributed by atoms with E-state index in [-0.39, 0.29) is 0 Å². The van der Waals surface area contributed by atoms with Crippen LogP contribution in [0.5, 0.6) is 0 Å². The van der Waals surface area contributed by atoms with Gasteiger partial charge in [-0.2, -0.15) is 10.1 Å². The molecule has 0 unspecified atom stereocenters. The molecule has 0 fully saturated rings. The van der Waals surface area contributed by atoms with Gasteiger partial charge in [0.25, 0.3) is 0 Å². The normalized spacial score (nSPS) is 10.9. The molecule has 86 valence electrons. The SMILES string of the molecule is Cc1cccc2nc(Nc3cnn(C)c3)nn12. The standard InChI is InChI=1S/C11H12N6/c1-8-4-3-5-10-14-11(15-17(8)10)13-9-6-12-16(2)7-9/h3-7H,1-2H3,(H,13,15). The lowest BCUT2D eigenvalue weighted by atomic mass is 10.4. The van der Waals surface area contributed by atoms with Crippen molar-refractivity contribution in [2.45, 2.75) is 6.92 Å². The van der Waals surface area contributed by atoms with Crippen LogP contribution in [0.1, 0.15) is 5.69 Å². The second-order valence-corrected chi connectivity index (χ2v) is 3.90. The molecule has 0 amide bonds. The number of nitrogens with one attached hydrogen (secondary N) is 1. The third-order valence-corrected chi connectivity index (χ3v) is 2.51. The highest BCUT2D eigenvalue weighted by atomic mass is 15.4. The van der Waals surface area contributed by atoms with Gasteiger partial charge in [0.1, 0.15) is 0 Å². The molecule has 0 aliphatic rings. The Kier molecular flexibility index (Phi) is 2.07. The molecule has 3 heterocycles. The molecular formula is C11H12N6. The number of anilines is 2. The van der Waals surface area contributed by atoms with Gasteiger partial charge >= 0.3 is 0 Å². The van der Waals surface area contributed by atoms with Gasteiger partial charge in [-0.1, -0.05) is 6.07 Å². The lowest BCUT2D eigenvalue weighted by Gasteiger charge is -1.95. The van der Waals surface area contributed by atoms with Crippen molar-refractivity contribution in [1.82, 2.24) is 24.4 Å². The van der Waals surface area contributed by atoms with Gasteiger partial charge < -0.3 is 5.32 Å². The zero-order valence-electron chi connectivity index (χ0n) is 9.62. The van der Waals surface area contributed by atoms with E-state index in [2.05, 4.69) is 20.5 Å². The van der Waals surface area contributed by atoms with Crippen LogP contribution >= 0.6 is 0 Å². The van der Waals surface area contributed by atoms with Crippen molar-refractivity contribution in [2.75, 3.05) is 5.32 Å². The molecule has 1 N–H and O–H groups in total. The van der Waals surface area contributed by atoms with Crippen LogP contribution in [0.25, 0.3) is 5.65 Å². The molecule has 17 heavy (non-hydrogen) atoms. The number of hydrogen-bond donors (Lipinski definition) is 1. The highest BCUT2D eigenvalue weighted by Crippen LogP contribution is 2.13. The Morgan fingerprint density at radius 2 is 2.18 bits per heavy atom. The second-order valence-electron chi connectivity index (χ2n) is 3.90. The minimum absolute atomic E-state index is 0.576. The van der Waals surface area contributed by atoms with Crippen molar-refractivity contribution in [2.24, 2.45) is 7.05 Å². The number of fused-ring (bicyclic) bond motifs is 1. The fourth-order valence-electron chi connectivity index (χ4n) is 1.70. The monoisotopic (exact) mass is 228 g/mol.